The van der Waals surface area contributed by atoms with Gasteiger partial charge in [0.1, 0.15) is 11.6 Å². The average molecular weight is 351 g/mol. The first-order chi connectivity index (χ1) is 11.9. The van der Waals surface area contributed by atoms with Crippen molar-refractivity contribution in [3.63, 3.8) is 0 Å². The highest BCUT2D eigenvalue weighted by atomic mass is 19.1. The molecule has 7 heteroatoms. The Labute approximate surface area is 143 Å². The average Bonchev–Trinajstić information content (AvgIpc) is 3.27. The number of hydrogen-bond donors (Lipinski definition) is 1. The van der Waals surface area contributed by atoms with E-state index >= 15 is 0 Å². The minimum Gasteiger partial charge on any atom is -0.481 e. The topological polar surface area (TPSA) is 66.8 Å². The van der Waals surface area contributed by atoms with Crippen LogP contribution in [0.5, 0.6) is 0 Å². The molecule has 2 heterocycles. The fourth-order valence-corrected chi connectivity index (χ4v) is 4.31. The molecule has 4 atom stereocenters. The number of fused-ring (bicyclic) bond motifs is 1. The van der Waals surface area contributed by atoms with Crippen LogP contribution in [0.4, 0.5) is 8.78 Å². The number of aliphatic carboxylic acids is 1. The molecular formula is C18H19F2NO4. The highest BCUT2D eigenvalue weighted by Crippen LogP contribution is 2.51. The molecule has 0 radical (unpaired) electrons. The molecule has 25 heavy (non-hydrogen) atoms. The van der Waals surface area contributed by atoms with Crippen LogP contribution < -0.4 is 0 Å². The van der Waals surface area contributed by atoms with Crippen molar-refractivity contribution in [2.75, 3.05) is 26.3 Å². The highest BCUT2D eigenvalue weighted by Gasteiger charge is 2.57. The van der Waals surface area contributed by atoms with E-state index in [2.05, 4.69) is 0 Å². The summed E-state index contributed by atoms with van der Waals surface area (Å²) >= 11 is 0. The van der Waals surface area contributed by atoms with Crippen LogP contribution in [-0.4, -0.2) is 48.2 Å². The van der Waals surface area contributed by atoms with E-state index in [4.69, 9.17) is 4.74 Å². The summed E-state index contributed by atoms with van der Waals surface area (Å²) in [6, 6.07) is 3.27. The van der Waals surface area contributed by atoms with Crippen LogP contribution in [-0.2, 0) is 14.3 Å². The fourth-order valence-electron chi connectivity index (χ4n) is 4.31. The van der Waals surface area contributed by atoms with E-state index in [1.807, 2.05) is 0 Å². The predicted molar refractivity (Wildman–Crippen MR) is 82.8 cm³/mol. The van der Waals surface area contributed by atoms with Crippen molar-refractivity contribution in [1.82, 2.24) is 4.90 Å². The Bertz CT molecular complexity index is 740. The zero-order chi connectivity index (χ0) is 17.8. The quantitative estimate of drug-likeness (QED) is 0.905. The van der Waals surface area contributed by atoms with Crippen molar-refractivity contribution in [2.24, 2.45) is 17.3 Å². The van der Waals surface area contributed by atoms with Crippen LogP contribution in [0.1, 0.15) is 24.3 Å². The van der Waals surface area contributed by atoms with Crippen LogP contribution >= 0.6 is 0 Å². The lowest BCUT2D eigenvalue weighted by Gasteiger charge is -2.33. The molecule has 0 spiro atoms. The zero-order valence-corrected chi connectivity index (χ0v) is 13.6. The van der Waals surface area contributed by atoms with Crippen molar-refractivity contribution in [2.45, 2.75) is 18.8 Å². The molecule has 0 bridgehead atoms. The second-order valence-corrected chi connectivity index (χ2v) is 7.32. The van der Waals surface area contributed by atoms with Gasteiger partial charge >= 0.3 is 5.97 Å². The Morgan fingerprint density at radius 2 is 2.12 bits per heavy atom. The van der Waals surface area contributed by atoms with E-state index in [1.54, 1.807) is 4.90 Å². The number of hydrogen-bond acceptors (Lipinski definition) is 3. The maximum atomic E-state index is 13.9. The van der Waals surface area contributed by atoms with Gasteiger partial charge in [-0.05, 0) is 42.5 Å². The highest BCUT2D eigenvalue weighted by molar-refractivity contribution is 5.85. The molecule has 2 unspecified atom stereocenters. The van der Waals surface area contributed by atoms with Gasteiger partial charge in [-0.2, -0.15) is 0 Å². The summed E-state index contributed by atoms with van der Waals surface area (Å²) in [5.41, 5.74) is -0.714. The van der Waals surface area contributed by atoms with E-state index in [9.17, 15) is 23.5 Å². The molecule has 0 aromatic heterocycles. The van der Waals surface area contributed by atoms with Crippen molar-refractivity contribution in [1.29, 1.82) is 0 Å². The number of rotatable bonds is 3. The number of ether oxygens (including phenoxy) is 1. The third kappa shape index (κ3) is 2.61. The Morgan fingerprint density at radius 1 is 1.32 bits per heavy atom. The summed E-state index contributed by atoms with van der Waals surface area (Å²) in [6.07, 6.45) is 0.861. The number of carboxylic acids is 1. The van der Waals surface area contributed by atoms with Crippen LogP contribution in [0, 0.1) is 28.9 Å². The second kappa shape index (κ2) is 5.76. The second-order valence-electron chi connectivity index (χ2n) is 7.32. The molecule has 134 valence electrons. The van der Waals surface area contributed by atoms with Gasteiger partial charge in [0.25, 0.3) is 0 Å². The summed E-state index contributed by atoms with van der Waals surface area (Å²) in [5.74, 6) is -3.03. The smallest absolute Gasteiger partial charge is 0.311 e. The molecule has 1 aromatic carbocycles. The van der Waals surface area contributed by atoms with Crippen LogP contribution in [0.2, 0.25) is 0 Å². The maximum absolute atomic E-state index is 13.9. The van der Waals surface area contributed by atoms with Gasteiger partial charge in [-0.15, -0.1) is 0 Å². The van der Waals surface area contributed by atoms with Gasteiger partial charge in [-0.1, -0.05) is 0 Å². The standard InChI is InChI=1S/C18H19F2NO4/c19-11-1-2-15(20)13(5-11)12-6-14(12)16(22)21-7-10-8-25-4-3-18(10,9-21)17(23)24/h1-2,5,10,12,14H,3-4,6-9H2,(H,23,24)/t10-,12?,14?,18+/m0/s1. The van der Waals surface area contributed by atoms with Gasteiger partial charge in [-0.3, -0.25) is 9.59 Å². The third-order valence-corrected chi connectivity index (χ3v) is 5.91. The van der Waals surface area contributed by atoms with Gasteiger partial charge in [0, 0.05) is 31.5 Å². The molecule has 5 nitrogen and oxygen atoms in total. The lowest BCUT2D eigenvalue weighted by atomic mass is 9.74. The summed E-state index contributed by atoms with van der Waals surface area (Å²) < 4.78 is 32.7. The summed E-state index contributed by atoms with van der Waals surface area (Å²) in [4.78, 5) is 26.1. The van der Waals surface area contributed by atoms with E-state index in [0.29, 0.717) is 32.6 Å². The molecule has 2 saturated heterocycles. The van der Waals surface area contributed by atoms with E-state index in [1.165, 1.54) is 0 Å². The Kier molecular flexibility index (Phi) is 3.79. The third-order valence-electron chi connectivity index (χ3n) is 5.91. The van der Waals surface area contributed by atoms with E-state index in [0.717, 1.165) is 18.2 Å². The molecule has 3 aliphatic rings. The predicted octanol–water partition coefficient (Wildman–Crippen LogP) is 2.02. The van der Waals surface area contributed by atoms with Gasteiger partial charge in [0.15, 0.2) is 0 Å². The van der Waals surface area contributed by atoms with Crippen molar-refractivity contribution in [3.05, 3.63) is 35.4 Å². The number of carbonyl (C=O) groups is 2. The number of nitrogens with zero attached hydrogens (tertiary/aromatic N) is 1. The van der Waals surface area contributed by atoms with Crippen molar-refractivity contribution in [3.8, 4) is 0 Å². The monoisotopic (exact) mass is 351 g/mol. The number of amides is 1. The molecule has 1 amide bonds. The summed E-state index contributed by atoms with van der Waals surface area (Å²) in [7, 11) is 0. The molecular weight excluding hydrogens is 332 g/mol. The molecule has 1 aliphatic carbocycles. The summed E-state index contributed by atoms with van der Waals surface area (Å²) in [5, 5.41) is 9.67. The largest absolute Gasteiger partial charge is 0.481 e. The van der Waals surface area contributed by atoms with Gasteiger partial charge in [0.05, 0.1) is 12.0 Å². The number of benzene rings is 1. The normalized spacial score (nSPS) is 33.8. The van der Waals surface area contributed by atoms with Crippen LogP contribution in [0.25, 0.3) is 0 Å². The molecule has 1 saturated carbocycles. The van der Waals surface area contributed by atoms with Gasteiger partial charge in [0.2, 0.25) is 5.91 Å². The number of halogens is 2. The fraction of sp³-hybridized carbons (Fsp3) is 0.556. The Balaban J connectivity index is 1.50. The molecule has 2 aliphatic heterocycles. The Morgan fingerprint density at radius 3 is 2.84 bits per heavy atom. The van der Waals surface area contributed by atoms with Crippen molar-refractivity contribution < 1.29 is 28.2 Å². The molecule has 3 fully saturated rings. The van der Waals surface area contributed by atoms with E-state index in [-0.39, 0.29) is 29.9 Å². The first-order valence-electron chi connectivity index (χ1n) is 8.47. The SMILES string of the molecule is O=C(C1CC1c1cc(F)ccc1F)N1C[C@H]2COCC[C@@]2(C(=O)O)C1. The number of carboxylic acid groups (broad SMARTS) is 1. The first kappa shape index (κ1) is 16.4. The maximum Gasteiger partial charge on any atom is 0.311 e. The van der Waals surface area contributed by atoms with E-state index < -0.39 is 28.9 Å². The van der Waals surface area contributed by atoms with Crippen molar-refractivity contribution >= 4 is 11.9 Å². The first-order valence-corrected chi connectivity index (χ1v) is 8.47. The molecule has 1 N–H and O–H groups in total. The summed E-state index contributed by atoms with van der Waals surface area (Å²) in [6.45, 7) is 1.23. The molecule has 4 rings (SSSR count). The Hall–Kier alpha value is -2.02. The number of carbonyl (C=O) groups excluding carboxylic acids is 1. The van der Waals surface area contributed by atoms with Gasteiger partial charge in [-0.25, -0.2) is 8.78 Å². The lowest BCUT2D eigenvalue weighted by Crippen LogP contribution is -2.45. The van der Waals surface area contributed by atoms with Crippen LogP contribution in [0.15, 0.2) is 18.2 Å². The zero-order valence-electron chi connectivity index (χ0n) is 13.6. The van der Waals surface area contributed by atoms with Gasteiger partial charge < -0.3 is 14.7 Å². The minimum atomic E-state index is -0.942. The lowest BCUT2D eigenvalue weighted by molar-refractivity contribution is -0.157. The number of likely N-dealkylation sites (tertiary alicyclic amines) is 1. The van der Waals surface area contributed by atoms with Crippen LogP contribution in [0.3, 0.4) is 0 Å². The molecule has 1 aromatic rings. The minimum absolute atomic E-state index is 0.163.